The SMILES string of the molecule is NCCC(C[CH]c1ccncc1)CCC12CC3CC(CC(C3)C1)C2. The van der Waals surface area contributed by atoms with Gasteiger partial charge in [0.25, 0.3) is 0 Å². The fraction of sp³-hybridized carbons (Fsp3) is 0.727. The molecule has 2 heteroatoms. The molecule has 5 rings (SSSR count). The van der Waals surface area contributed by atoms with Crippen LogP contribution in [0.25, 0.3) is 0 Å². The zero-order valence-electron chi connectivity index (χ0n) is 15.0. The van der Waals surface area contributed by atoms with Crippen molar-refractivity contribution in [1.29, 1.82) is 0 Å². The highest BCUT2D eigenvalue weighted by molar-refractivity contribution is 5.19. The van der Waals surface area contributed by atoms with Crippen LogP contribution in [0, 0.1) is 35.5 Å². The maximum absolute atomic E-state index is 5.91. The summed E-state index contributed by atoms with van der Waals surface area (Å²) in [4.78, 5) is 4.11. The third kappa shape index (κ3) is 3.69. The first-order valence-corrected chi connectivity index (χ1v) is 10.2. The second-order valence-electron chi connectivity index (χ2n) is 9.12. The van der Waals surface area contributed by atoms with Crippen LogP contribution in [0.4, 0.5) is 0 Å². The molecule has 1 aromatic rings. The van der Waals surface area contributed by atoms with Crippen molar-refractivity contribution < 1.29 is 0 Å². The Morgan fingerprint density at radius 3 is 2.25 bits per heavy atom. The van der Waals surface area contributed by atoms with E-state index in [1.165, 1.54) is 31.2 Å². The van der Waals surface area contributed by atoms with Crippen LogP contribution in [0.15, 0.2) is 24.5 Å². The third-order valence-corrected chi connectivity index (χ3v) is 7.22. The Morgan fingerprint density at radius 2 is 1.67 bits per heavy atom. The lowest BCUT2D eigenvalue weighted by Gasteiger charge is -2.57. The van der Waals surface area contributed by atoms with Crippen molar-refractivity contribution in [3.63, 3.8) is 0 Å². The largest absolute Gasteiger partial charge is 0.330 e. The minimum absolute atomic E-state index is 0.721. The summed E-state index contributed by atoms with van der Waals surface area (Å²) >= 11 is 0. The molecule has 4 fully saturated rings. The van der Waals surface area contributed by atoms with Gasteiger partial charge in [-0.2, -0.15) is 0 Å². The van der Waals surface area contributed by atoms with Gasteiger partial charge in [0.1, 0.15) is 0 Å². The fourth-order valence-electron chi connectivity index (χ4n) is 6.52. The number of pyridine rings is 1. The summed E-state index contributed by atoms with van der Waals surface area (Å²) in [5.41, 5.74) is 7.94. The van der Waals surface area contributed by atoms with Gasteiger partial charge in [-0.25, -0.2) is 0 Å². The number of nitrogens with zero attached hydrogens (tertiary/aromatic N) is 1. The Morgan fingerprint density at radius 1 is 1.04 bits per heavy atom. The molecule has 4 saturated carbocycles. The molecule has 4 aliphatic rings. The van der Waals surface area contributed by atoms with E-state index in [4.69, 9.17) is 5.73 Å². The smallest absolute Gasteiger partial charge is 0.0270 e. The van der Waals surface area contributed by atoms with Crippen molar-refractivity contribution in [2.45, 2.75) is 64.2 Å². The van der Waals surface area contributed by atoms with Crippen LogP contribution in [0.5, 0.6) is 0 Å². The molecule has 4 aliphatic carbocycles. The van der Waals surface area contributed by atoms with Crippen LogP contribution in [-0.2, 0) is 0 Å². The van der Waals surface area contributed by atoms with Crippen LogP contribution in [-0.4, -0.2) is 11.5 Å². The van der Waals surface area contributed by atoms with Gasteiger partial charge in [0, 0.05) is 12.4 Å². The normalized spacial score (nSPS) is 35.3. The average Bonchev–Trinajstić information content (AvgIpc) is 2.57. The number of nitrogens with two attached hydrogens (primary N) is 1. The van der Waals surface area contributed by atoms with Crippen LogP contribution in [0.1, 0.15) is 69.8 Å². The van der Waals surface area contributed by atoms with Crippen molar-refractivity contribution in [2.75, 3.05) is 6.54 Å². The Labute approximate surface area is 147 Å². The summed E-state index contributed by atoms with van der Waals surface area (Å²) < 4.78 is 0. The molecule has 1 heterocycles. The zero-order chi connectivity index (χ0) is 16.4. The van der Waals surface area contributed by atoms with Crippen molar-refractivity contribution in [3.05, 3.63) is 36.5 Å². The van der Waals surface area contributed by atoms with Crippen molar-refractivity contribution in [1.82, 2.24) is 4.98 Å². The Hall–Kier alpha value is -0.890. The quantitative estimate of drug-likeness (QED) is 0.731. The van der Waals surface area contributed by atoms with E-state index in [1.54, 1.807) is 38.5 Å². The van der Waals surface area contributed by atoms with E-state index in [0.29, 0.717) is 0 Å². The molecule has 0 aliphatic heterocycles. The minimum Gasteiger partial charge on any atom is -0.330 e. The van der Waals surface area contributed by atoms with Gasteiger partial charge in [0.15, 0.2) is 0 Å². The molecule has 1 aromatic heterocycles. The molecule has 24 heavy (non-hydrogen) atoms. The zero-order valence-corrected chi connectivity index (χ0v) is 15.0. The summed E-state index contributed by atoms with van der Waals surface area (Å²) in [5.74, 6) is 3.99. The van der Waals surface area contributed by atoms with Crippen molar-refractivity contribution >= 4 is 0 Å². The molecular weight excluding hydrogens is 292 g/mol. The van der Waals surface area contributed by atoms with E-state index in [9.17, 15) is 0 Å². The van der Waals surface area contributed by atoms with Gasteiger partial charge in [-0.05, 0) is 124 Å². The number of hydrogen-bond donors (Lipinski definition) is 1. The summed E-state index contributed by atoms with van der Waals surface area (Å²) in [6.07, 6.45) is 20.7. The summed E-state index contributed by atoms with van der Waals surface area (Å²) in [5, 5.41) is 0. The molecule has 1 unspecified atom stereocenters. The van der Waals surface area contributed by atoms with Gasteiger partial charge < -0.3 is 5.73 Å². The molecule has 0 spiro atoms. The van der Waals surface area contributed by atoms with E-state index in [2.05, 4.69) is 23.5 Å². The first-order chi connectivity index (χ1) is 11.7. The van der Waals surface area contributed by atoms with E-state index in [1.807, 2.05) is 12.4 Å². The van der Waals surface area contributed by atoms with Crippen LogP contribution in [0.2, 0.25) is 0 Å². The van der Waals surface area contributed by atoms with E-state index >= 15 is 0 Å². The molecule has 2 N–H and O–H groups in total. The predicted octanol–water partition coefficient (Wildman–Crippen LogP) is 4.99. The molecule has 2 nitrogen and oxygen atoms in total. The Bertz CT molecular complexity index is 489. The highest BCUT2D eigenvalue weighted by Gasteiger charge is 2.50. The van der Waals surface area contributed by atoms with Crippen LogP contribution < -0.4 is 5.73 Å². The molecule has 0 amide bonds. The van der Waals surface area contributed by atoms with Gasteiger partial charge in [-0.3, -0.25) is 4.98 Å². The lowest BCUT2D eigenvalue weighted by molar-refractivity contribution is -0.0601. The van der Waals surface area contributed by atoms with E-state index in [-0.39, 0.29) is 0 Å². The van der Waals surface area contributed by atoms with E-state index in [0.717, 1.165) is 35.6 Å². The van der Waals surface area contributed by atoms with Crippen molar-refractivity contribution in [3.8, 4) is 0 Å². The Kier molecular flexibility index (Phi) is 4.94. The summed E-state index contributed by atoms with van der Waals surface area (Å²) in [6.45, 7) is 0.829. The highest BCUT2D eigenvalue weighted by Crippen LogP contribution is 2.61. The first-order valence-electron chi connectivity index (χ1n) is 10.2. The molecule has 4 bridgehead atoms. The standard InChI is InChI=1S/C22H33N2/c23-8-4-17(1-2-18-5-9-24-10-6-18)3-7-22-14-19-11-20(15-22)13-21(12-19)16-22/h2,5-6,9-10,17,19-21H,1,3-4,7-8,11-16,23H2. The lowest BCUT2D eigenvalue weighted by Crippen LogP contribution is -2.46. The van der Waals surface area contributed by atoms with Gasteiger partial charge in [-0.1, -0.05) is 0 Å². The van der Waals surface area contributed by atoms with Gasteiger partial charge in [0.05, 0.1) is 0 Å². The van der Waals surface area contributed by atoms with E-state index < -0.39 is 0 Å². The number of rotatable bonds is 8. The topological polar surface area (TPSA) is 38.9 Å². The van der Waals surface area contributed by atoms with Crippen molar-refractivity contribution in [2.24, 2.45) is 34.8 Å². The molecule has 0 aromatic carbocycles. The highest BCUT2D eigenvalue weighted by atomic mass is 14.6. The van der Waals surface area contributed by atoms with Crippen LogP contribution in [0.3, 0.4) is 0 Å². The maximum atomic E-state index is 5.91. The number of hydrogen-bond acceptors (Lipinski definition) is 2. The molecular formula is C22H33N2. The third-order valence-electron chi connectivity index (χ3n) is 7.22. The second kappa shape index (κ2) is 7.15. The second-order valence-corrected chi connectivity index (χ2v) is 9.12. The van der Waals surface area contributed by atoms with Gasteiger partial charge in [0.2, 0.25) is 0 Å². The molecule has 1 radical (unpaired) electrons. The number of aromatic nitrogens is 1. The monoisotopic (exact) mass is 325 g/mol. The predicted molar refractivity (Wildman–Crippen MR) is 99.3 cm³/mol. The molecule has 131 valence electrons. The summed E-state index contributed by atoms with van der Waals surface area (Å²) in [7, 11) is 0. The molecule has 1 atom stereocenters. The molecule has 0 saturated heterocycles. The lowest BCUT2D eigenvalue weighted by atomic mass is 9.48. The Balaban J connectivity index is 1.32. The van der Waals surface area contributed by atoms with Crippen LogP contribution >= 0.6 is 0 Å². The van der Waals surface area contributed by atoms with Gasteiger partial charge >= 0.3 is 0 Å². The average molecular weight is 326 g/mol. The fourth-order valence-corrected chi connectivity index (χ4v) is 6.52. The minimum atomic E-state index is 0.721. The summed E-state index contributed by atoms with van der Waals surface area (Å²) in [6, 6.07) is 4.22. The first kappa shape index (κ1) is 16.6. The van der Waals surface area contributed by atoms with Gasteiger partial charge in [-0.15, -0.1) is 0 Å². The maximum Gasteiger partial charge on any atom is 0.0270 e.